The van der Waals surface area contributed by atoms with E-state index in [9.17, 15) is 10.1 Å². The summed E-state index contributed by atoms with van der Waals surface area (Å²) in [6.45, 7) is 6.80. The molecule has 0 aliphatic rings. The van der Waals surface area contributed by atoms with Crippen LogP contribution in [0.15, 0.2) is 0 Å². The van der Waals surface area contributed by atoms with Crippen LogP contribution in [-0.4, -0.2) is 41.8 Å². The summed E-state index contributed by atoms with van der Waals surface area (Å²) < 4.78 is 10.7. The van der Waals surface area contributed by atoms with E-state index in [1.165, 1.54) is 0 Å². The van der Waals surface area contributed by atoms with Crippen molar-refractivity contribution in [3.05, 3.63) is 15.8 Å². The van der Waals surface area contributed by atoms with Gasteiger partial charge in [-0.3, -0.25) is 10.1 Å². The number of hydrogen-bond donors (Lipinski definition) is 1. The van der Waals surface area contributed by atoms with Crippen LogP contribution < -0.4 is 10.1 Å². The molecule has 8 nitrogen and oxygen atoms in total. The Bertz CT molecular complexity index is 465. The van der Waals surface area contributed by atoms with Crippen LogP contribution in [0.4, 0.5) is 11.6 Å². The topological polar surface area (TPSA) is 99.4 Å². The first kappa shape index (κ1) is 16.1. The molecular weight excluding hydrogens is 264 g/mol. The van der Waals surface area contributed by atoms with Gasteiger partial charge in [0.2, 0.25) is 5.95 Å². The first-order valence-electron chi connectivity index (χ1n) is 6.37. The van der Waals surface area contributed by atoms with E-state index in [1.807, 2.05) is 13.8 Å². The first-order chi connectivity index (χ1) is 9.45. The zero-order chi connectivity index (χ0) is 15.1. The zero-order valence-corrected chi connectivity index (χ0v) is 12.2. The number of anilines is 1. The first-order valence-corrected chi connectivity index (χ1v) is 6.37. The van der Waals surface area contributed by atoms with Gasteiger partial charge in [0.1, 0.15) is 12.3 Å². The molecule has 0 atom stereocenters. The van der Waals surface area contributed by atoms with Crippen molar-refractivity contribution < 1.29 is 14.4 Å². The van der Waals surface area contributed by atoms with Gasteiger partial charge in [0.15, 0.2) is 0 Å². The Kier molecular flexibility index (Phi) is 6.10. The molecule has 0 amide bonds. The smallest absolute Gasteiger partial charge is 0.352 e. The zero-order valence-electron chi connectivity index (χ0n) is 12.2. The van der Waals surface area contributed by atoms with Crippen LogP contribution in [0.5, 0.6) is 5.88 Å². The molecular formula is C12H20N4O4. The van der Waals surface area contributed by atoms with Crippen LogP contribution >= 0.6 is 0 Å². The van der Waals surface area contributed by atoms with Gasteiger partial charge in [-0.25, -0.2) is 4.98 Å². The van der Waals surface area contributed by atoms with Crippen LogP contribution in [0.1, 0.15) is 19.5 Å². The molecule has 0 radical (unpaired) electrons. The summed E-state index contributed by atoms with van der Waals surface area (Å²) in [7, 11) is 1.64. The number of rotatable bonds is 8. The molecule has 0 saturated carbocycles. The lowest BCUT2D eigenvalue weighted by Gasteiger charge is -2.10. The van der Waals surface area contributed by atoms with Crippen molar-refractivity contribution in [2.75, 3.05) is 32.2 Å². The summed E-state index contributed by atoms with van der Waals surface area (Å²) >= 11 is 0. The SMILES string of the molecule is CNc1nc(C)c([N+](=O)[O-])c(OCCOCC(C)C)n1. The van der Waals surface area contributed by atoms with Crippen LogP contribution in [0.25, 0.3) is 0 Å². The molecule has 0 aliphatic heterocycles. The Morgan fingerprint density at radius 3 is 2.60 bits per heavy atom. The van der Waals surface area contributed by atoms with Gasteiger partial charge in [0.25, 0.3) is 5.88 Å². The van der Waals surface area contributed by atoms with Gasteiger partial charge in [-0.05, 0) is 12.8 Å². The van der Waals surface area contributed by atoms with Crippen molar-refractivity contribution in [1.29, 1.82) is 0 Å². The third kappa shape index (κ3) is 4.61. The summed E-state index contributed by atoms with van der Waals surface area (Å²) in [5, 5.41) is 13.7. The Hall–Kier alpha value is -1.96. The van der Waals surface area contributed by atoms with Crippen LogP contribution in [0.3, 0.4) is 0 Å². The molecule has 0 aliphatic carbocycles. The van der Waals surface area contributed by atoms with Gasteiger partial charge in [-0.1, -0.05) is 13.8 Å². The quantitative estimate of drug-likeness (QED) is 0.441. The van der Waals surface area contributed by atoms with E-state index in [2.05, 4.69) is 15.3 Å². The number of hydrogen-bond acceptors (Lipinski definition) is 7. The summed E-state index contributed by atoms with van der Waals surface area (Å²) in [6, 6.07) is 0. The number of ether oxygens (including phenoxy) is 2. The minimum absolute atomic E-state index is 0.0417. The fourth-order valence-corrected chi connectivity index (χ4v) is 1.48. The van der Waals surface area contributed by atoms with Crippen LogP contribution in [-0.2, 0) is 4.74 Å². The molecule has 8 heteroatoms. The van der Waals surface area contributed by atoms with Gasteiger partial charge in [-0.15, -0.1) is 0 Å². The normalized spacial score (nSPS) is 10.7. The van der Waals surface area contributed by atoms with Crippen molar-refractivity contribution in [1.82, 2.24) is 9.97 Å². The number of nitro groups is 1. The van der Waals surface area contributed by atoms with Crippen molar-refractivity contribution in [3.63, 3.8) is 0 Å². The summed E-state index contributed by atoms with van der Waals surface area (Å²) in [5.41, 5.74) is 0.0420. The molecule has 1 aromatic heterocycles. The third-order valence-electron chi connectivity index (χ3n) is 2.35. The minimum atomic E-state index is -0.543. The predicted molar refractivity (Wildman–Crippen MR) is 74.1 cm³/mol. The van der Waals surface area contributed by atoms with Gasteiger partial charge in [-0.2, -0.15) is 4.98 Å². The number of aromatic nitrogens is 2. The van der Waals surface area contributed by atoms with E-state index in [0.29, 0.717) is 19.1 Å². The maximum absolute atomic E-state index is 11.0. The lowest BCUT2D eigenvalue weighted by atomic mass is 10.2. The van der Waals surface area contributed by atoms with E-state index in [-0.39, 0.29) is 29.8 Å². The number of nitrogens with zero attached hydrogens (tertiary/aromatic N) is 3. The second-order valence-electron chi connectivity index (χ2n) is 4.61. The van der Waals surface area contributed by atoms with E-state index in [4.69, 9.17) is 9.47 Å². The summed E-state index contributed by atoms with van der Waals surface area (Å²) in [5.74, 6) is 0.674. The molecule has 1 N–H and O–H groups in total. The van der Waals surface area contributed by atoms with Gasteiger partial charge >= 0.3 is 5.69 Å². The molecule has 112 valence electrons. The number of aryl methyl sites for hydroxylation is 1. The van der Waals surface area contributed by atoms with E-state index >= 15 is 0 Å². The maximum Gasteiger partial charge on any atom is 0.352 e. The van der Waals surface area contributed by atoms with E-state index in [1.54, 1.807) is 14.0 Å². The van der Waals surface area contributed by atoms with Crippen molar-refractivity contribution in [2.45, 2.75) is 20.8 Å². The van der Waals surface area contributed by atoms with Gasteiger partial charge in [0.05, 0.1) is 11.5 Å². The summed E-state index contributed by atoms with van der Waals surface area (Å²) in [4.78, 5) is 18.4. The predicted octanol–water partition coefficient (Wildman–Crippen LogP) is 1.79. The third-order valence-corrected chi connectivity index (χ3v) is 2.35. The molecule has 1 heterocycles. The van der Waals surface area contributed by atoms with E-state index in [0.717, 1.165) is 0 Å². The lowest BCUT2D eigenvalue weighted by molar-refractivity contribution is -0.387. The highest BCUT2D eigenvalue weighted by molar-refractivity contribution is 5.48. The highest BCUT2D eigenvalue weighted by Crippen LogP contribution is 2.28. The molecule has 0 aromatic carbocycles. The molecule has 0 fully saturated rings. The Morgan fingerprint density at radius 1 is 1.35 bits per heavy atom. The fourth-order valence-electron chi connectivity index (χ4n) is 1.48. The minimum Gasteiger partial charge on any atom is -0.470 e. The maximum atomic E-state index is 11.0. The largest absolute Gasteiger partial charge is 0.470 e. The molecule has 1 aromatic rings. The molecule has 20 heavy (non-hydrogen) atoms. The highest BCUT2D eigenvalue weighted by atomic mass is 16.6. The molecule has 1 rings (SSSR count). The fraction of sp³-hybridized carbons (Fsp3) is 0.667. The monoisotopic (exact) mass is 284 g/mol. The molecule has 0 unspecified atom stereocenters. The average Bonchev–Trinajstić information content (AvgIpc) is 2.36. The van der Waals surface area contributed by atoms with Crippen LogP contribution in [0, 0.1) is 23.0 Å². The molecule has 0 bridgehead atoms. The second kappa shape index (κ2) is 7.59. The average molecular weight is 284 g/mol. The second-order valence-corrected chi connectivity index (χ2v) is 4.61. The molecule has 0 spiro atoms. The Labute approximate surface area is 117 Å². The van der Waals surface area contributed by atoms with Crippen molar-refractivity contribution in [3.8, 4) is 5.88 Å². The Balaban J connectivity index is 2.72. The summed E-state index contributed by atoms with van der Waals surface area (Å²) in [6.07, 6.45) is 0. The van der Waals surface area contributed by atoms with Crippen LogP contribution in [0.2, 0.25) is 0 Å². The van der Waals surface area contributed by atoms with Gasteiger partial charge in [0, 0.05) is 13.7 Å². The standard InChI is InChI=1S/C12H20N4O4/c1-8(2)7-19-5-6-20-11-10(16(17)18)9(3)14-12(13-4)15-11/h8H,5-7H2,1-4H3,(H,13,14,15). The lowest BCUT2D eigenvalue weighted by Crippen LogP contribution is -2.13. The number of nitrogens with one attached hydrogen (secondary N) is 1. The Morgan fingerprint density at radius 2 is 2.05 bits per heavy atom. The van der Waals surface area contributed by atoms with Crippen molar-refractivity contribution >= 4 is 11.6 Å². The molecule has 0 saturated heterocycles. The van der Waals surface area contributed by atoms with E-state index < -0.39 is 4.92 Å². The van der Waals surface area contributed by atoms with Gasteiger partial charge < -0.3 is 14.8 Å². The highest BCUT2D eigenvalue weighted by Gasteiger charge is 2.23. The van der Waals surface area contributed by atoms with Crippen molar-refractivity contribution in [2.24, 2.45) is 5.92 Å².